The summed E-state index contributed by atoms with van der Waals surface area (Å²) in [7, 11) is 0. The number of hydrogen-bond donors (Lipinski definition) is 0. The lowest BCUT2D eigenvalue weighted by Crippen LogP contribution is -2.50. The van der Waals surface area contributed by atoms with E-state index >= 15 is 0 Å². The molecular formula is C18H28N4O3. The highest BCUT2D eigenvalue weighted by Crippen LogP contribution is 2.27. The van der Waals surface area contributed by atoms with Crippen LogP contribution in [0.1, 0.15) is 34.1 Å². The predicted molar refractivity (Wildman–Crippen MR) is 94.1 cm³/mol. The van der Waals surface area contributed by atoms with E-state index in [9.17, 15) is 9.59 Å². The van der Waals surface area contributed by atoms with Gasteiger partial charge in [-0.1, -0.05) is 13.8 Å². The molecule has 2 fully saturated rings. The second kappa shape index (κ2) is 7.15. The summed E-state index contributed by atoms with van der Waals surface area (Å²) in [6, 6.07) is 0. The minimum Gasteiger partial charge on any atom is -0.372 e. The third-order valence-electron chi connectivity index (χ3n) is 4.69. The summed E-state index contributed by atoms with van der Waals surface area (Å²) in [6.45, 7) is 10.7. The van der Waals surface area contributed by atoms with Crippen LogP contribution in [0.4, 0.5) is 5.69 Å². The zero-order chi connectivity index (χ0) is 18.1. The number of aromatic nitrogens is 2. The molecule has 2 amide bonds. The first-order chi connectivity index (χ1) is 11.8. The maximum atomic E-state index is 12.8. The van der Waals surface area contributed by atoms with E-state index in [-0.39, 0.29) is 36.4 Å². The van der Waals surface area contributed by atoms with Gasteiger partial charge in [-0.05, 0) is 19.8 Å². The zero-order valence-corrected chi connectivity index (χ0v) is 15.5. The number of morpholine rings is 1. The lowest BCUT2D eigenvalue weighted by molar-refractivity contribution is -0.147. The molecule has 0 N–H and O–H groups in total. The molecule has 0 saturated carbocycles. The molecule has 7 nitrogen and oxygen atoms in total. The van der Waals surface area contributed by atoms with E-state index in [4.69, 9.17) is 4.74 Å². The summed E-state index contributed by atoms with van der Waals surface area (Å²) in [5, 5.41) is 4.33. The lowest BCUT2D eigenvalue weighted by Gasteiger charge is -2.36. The van der Waals surface area contributed by atoms with Crippen molar-refractivity contribution in [2.45, 2.75) is 52.9 Å². The first kappa shape index (κ1) is 17.9. The summed E-state index contributed by atoms with van der Waals surface area (Å²) in [4.78, 5) is 28.8. The van der Waals surface area contributed by atoms with Crippen molar-refractivity contribution in [1.82, 2.24) is 14.7 Å². The highest BCUT2D eigenvalue weighted by Gasteiger charge is 2.39. The molecule has 2 aliphatic rings. The number of carbonyl (C=O) groups is 2. The summed E-state index contributed by atoms with van der Waals surface area (Å²) < 4.78 is 7.55. The molecule has 1 aromatic rings. The number of rotatable bonds is 4. The van der Waals surface area contributed by atoms with Crippen LogP contribution in [-0.2, 0) is 20.9 Å². The molecule has 0 radical (unpaired) electrons. The average molecular weight is 348 g/mol. The molecule has 2 saturated heterocycles. The Morgan fingerprint density at radius 1 is 1.28 bits per heavy atom. The first-order valence-corrected chi connectivity index (χ1v) is 9.10. The van der Waals surface area contributed by atoms with Crippen molar-refractivity contribution < 1.29 is 14.3 Å². The Morgan fingerprint density at radius 2 is 1.96 bits per heavy atom. The zero-order valence-electron chi connectivity index (χ0n) is 15.5. The third-order valence-corrected chi connectivity index (χ3v) is 4.69. The van der Waals surface area contributed by atoms with E-state index < -0.39 is 0 Å². The van der Waals surface area contributed by atoms with Crippen LogP contribution in [-0.4, -0.2) is 58.3 Å². The fourth-order valence-electron chi connectivity index (χ4n) is 3.70. The van der Waals surface area contributed by atoms with Gasteiger partial charge in [0.05, 0.1) is 30.0 Å². The number of hydrogen-bond acceptors (Lipinski definition) is 4. The Kier molecular flexibility index (Phi) is 5.13. The molecule has 3 heterocycles. The van der Waals surface area contributed by atoms with Crippen molar-refractivity contribution in [3.63, 3.8) is 0 Å². The van der Waals surface area contributed by atoms with E-state index in [0.717, 1.165) is 12.2 Å². The Bertz CT molecular complexity index is 632. The normalized spacial score (nSPS) is 27.4. The largest absolute Gasteiger partial charge is 0.372 e. The maximum Gasteiger partial charge on any atom is 0.228 e. The Labute approximate surface area is 148 Å². The smallest absolute Gasteiger partial charge is 0.228 e. The number of carbonyl (C=O) groups excluding carboxylic acids is 2. The number of ether oxygens (including phenoxy) is 1. The molecule has 0 aromatic carbocycles. The van der Waals surface area contributed by atoms with Gasteiger partial charge >= 0.3 is 0 Å². The fourth-order valence-corrected chi connectivity index (χ4v) is 3.70. The van der Waals surface area contributed by atoms with Gasteiger partial charge in [-0.25, -0.2) is 0 Å². The SMILES string of the molecule is CC(C)Cn1cc(N2C[C@H](C(=O)N3C[C@@H](C)O[C@@H](C)C3)CC2=O)cn1. The van der Waals surface area contributed by atoms with Crippen molar-refractivity contribution in [1.29, 1.82) is 0 Å². The number of anilines is 1. The second-order valence-electron chi connectivity index (χ2n) is 7.72. The van der Waals surface area contributed by atoms with Gasteiger partial charge in [0.15, 0.2) is 0 Å². The predicted octanol–water partition coefficient (Wildman–Crippen LogP) is 1.53. The van der Waals surface area contributed by atoms with E-state index in [2.05, 4.69) is 18.9 Å². The average Bonchev–Trinajstić information content (AvgIpc) is 3.11. The van der Waals surface area contributed by atoms with Crippen molar-refractivity contribution in [2.75, 3.05) is 24.5 Å². The summed E-state index contributed by atoms with van der Waals surface area (Å²) in [5.74, 6) is 0.268. The molecule has 1 aromatic heterocycles. The molecular weight excluding hydrogens is 320 g/mol. The second-order valence-corrected chi connectivity index (χ2v) is 7.72. The molecule has 0 spiro atoms. The molecule has 0 bridgehead atoms. The maximum absolute atomic E-state index is 12.8. The van der Waals surface area contributed by atoms with Crippen LogP contribution in [0.2, 0.25) is 0 Å². The Balaban J connectivity index is 1.65. The van der Waals surface area contributed by atoms with Crippen molar-refractivity contribution in [2.24, 2.45) is 11.8 Å². The highest BCUT2D eigenvalue weighted by molar-refractivity contribution is 6.00. The van der Waals surface area contributed by atoms with Gasteiger partial charge in [-0.2, -0.15) is 5.10 Å². The van der Waals surface area contributed by atoms with Crippen LogP contribution in [0.25, 0.3) is 0 Å². The monoisotopic (exact) mass is 348 g/mol. The molecule has 3 atom stereocenters. The van der Waals surface area contributed by atoms with Gasteiger partial charge in [0, 0.05) is 38.8 Å². The Hall–Kier alpha value is -1.89. The summed E-state index contributed by atoms with van der Waals surface area (Å²) in [5.41, 5.74) is 0.782. The summed E-state index contributed by atoms with van der Waals surface area (Å²) in [6.07, 6.45) is 3.95. The van der Waals surface area contributed by atoms with E-state index in [1.54, 1.807) is 11.1 Å². The first-order valence-electron chi connectivity index (χ1n) is 9.10. The van der Waals surface area contributed by atoms with Crippen LogP contribution in [0.3, 0.4) is 0 Å². The summed E-state index contributed by atoms with van der Waals surface area (Å²) >= 11 is 0. The quantitative estimate of drug-likeness (QED) is 0.827. The molecule has 3 rings (SSSR count). The van der Waals surface area contributed by atoms with Crippen LogP contribution >= 0.6 is 0 Å². The lowest BCUT2D eigenvalue weighted by atomic mass is 10.1. The van der Waals surface area contributed by atoms with E-state index in [1.165, 1.54) is 0 Å². The van der Waals surface area contributed by atoms with Crippen LogP contribution in [0.5, 0.6) is 0 Å². The standard InChI is InChI=1S/C18H28N4O3/c1-12(2)7-21-11-16(6-19-21)22-10-15(5-17(22)23)18(24)20-8-13(3)25-14(4)9-20/h6,11-15H,5,7-10H2,1-4H3/t13-,14+,15-/m1/s1. The minimum absolute atomic E-state index is 0.00296. The fraction of sp³-hybridized carbons (Fsp3) is 0.722. The van der Waals surface area contributed by atoms with E-state index in [0.29, 0.717) is 25.6 Å². The van der Waals surface area contributed by atoms with Crippen molar-refractivity contribution in [3.05, 3.63) is 12.4 Å². The molecule has 138 valence electrons. The van der Waals surface area contributed by atoms with Gasteiger partial charge < -0.3 is 14.5 Å². The number of amides is 2. The van der Waals surface area contributed by atoms with Crippen LogP contribution in [0, 0.1) is 11.8 Å². The highest BCUT2D eigenvalue weighted by atomic mass is 16.5. The van der Waals surface area contributed by atoms with Crippen LogP contribution in [0.15, 0.2) is 12.4 Å². The van der Waals surface area contributed by atoms with Crippen LogP contribution < -0.4 is 4.90 Å². The molecule has 0 unspecified atom stereocenters. The van der Waals surface area contributed by atoms with Gasteiger partial charge in [0.2, 0.25) is 11.8 Å². The number of nitrogens with zero attached hydrogens (tertiary/aromatic N) is 4. The molecule has 0 aliphatic carbocycles. The topological polar surface area (TPSA) is 67.7 Å². The molecule has 7 heteroatoms. The van der Waals surface area contributed by atoms with Gasteiger partial charge in [-0.3, -0.25) is 14.3 Å². The minimum atomic E-state index is -0.279. The molecule has 2 aliphatic heterocycles. The van der Waals surface area contributed by atoms with Crippen molar-refractivity contribution in [3.8, 4) is 0 Å². The Morgan fingerprint density at radius 3 is 2.60 bits per heavy atom. The van der Waals surface area contributed by atoms with Gasteiger partial charge in [0.25, 0.3) is 0 Å². The van der Waals surface area contributed by atoms with E-state index in [1.807, 2.05) is 29.6 Å². The van der Waals surface area contributed by atoms with Gasteiger partial charge in [-0.15, -0.1) is 0 Å². The van der Waals surface area contributed by atoms with Gasteiger partial charge in [0.1, 0.15) is 0 Å². The molecule has 25 heavy (non-hydrogen) atoms. The van der Waals surface area contributed by atoms with Crippen molar-refractivity contribution >= 4 is 17.5 Å². The third kappa shape index (κ3) is 4.03.